The van der Waals surface area contributed by atoms with Gasteiger partial charge in [-0.25, -0.2) is 23.1 Å². The molecule has 1 aromatic heterocycles. The Hall–Kier alpha value is -1.71. The molecule has 9 heteroatoms. The van der Waals surface area contributed by atoms with E-state index in [1.54, 1.807) is 0 Å². The van der Waals surface area contributed by atoms with Crippen LogP contribution in [0, 0.1) is 23.4 Å². The van der Waals surface area contributed by atoms with E-state index in [4.69, 9.17) is 4.84 Å². The molecule has 2 bridgehead atoms. The zero-order valence-corrected chi connectivity index (χ0v) is 14.0. The number of amidine groups is 1. The van der Waals surface area contributed by atoms with Crippen molar-refractivity contribution in [2.45, 2.75) is 24.9 Å². The van der Waals surface area contributed by atoms with Gasteiger partial charge >= 0.3 is 0 Å². The number of hydrogen-bond donors (Lipinski definition) is 1. The monoisotopic (exact) mass is 368 g/mol. The van der Waals surface area contributed by atoms with Gasteiger partial charge in [-0.3, -0.25) is 10.3 Å². The predicted octanol–water partition coefficient (Wildman–Crippen LogP) is 3.13. The van der Waals surface area contributed by atoms with Crippen LogP contribution in [-0.4, -0.2) is 41.0 Å². The lowest BCUT2D eigenvalue weighted by Gasteiger charge is -2.49. The molecule has 5 nitrogen and oxygen atoms in total. The standard InChI is InChI=1S/C16H15F3N4OS/c17-9-5-10-14(13(19)12(9)18)21-15(25-10)20-11-6-16(24-22-11)7-23-3-1-8(16)2-4-23/h5,8H,1-4,6-7H2,(H,20,21,22). The molecule has 4 aliphatic rings. The number of nitrogens with zero attached hydrogens (tertiary/aromatic N) is 3. The van der Waals surface area contributed by atoms with Gasteiger partial charge in [0.05, 0.1) is 4.70 Å². The van der Waals surface area contributed by atoms with E-state index in [1.807, 2.05) is 0 Å². The van der Waals surface area contributed by atoms with Crippen LogP contribution in [-0.2, 0) is 4.84 Å². The van der Waals surface area contributed by atoms with Crippen LogP contribution < -0.4 is 5.48 Å². The van der Waals surface area contributed by atoms with Crippen molar-refractivity contribution in [2.24, 2.45) is 10.9 Å². The fourth-order valence-electron chi connectivity index (χ4n) is 4.14. The van der Waals surface area contributed by atoms with E-state index in [0.29, 0.717) is 18.2 Å². The number of hydrogen-bond acceptors (Lipinski definition) is 5. The molecule has 0 aliphatic carbocycles. The lowest BCUT2D eigenvalue weighted by molar-refractivity contribution is -0.150. The summed E-state index contributed by atoms with van der Waals surface area (Å²) in [6, 6.07) is 0.947. The van der Waals surface area contributed by atoms with Gasteiger partial charge in [-0.15, -0.1) is 0 Å². The van der Waals surface area contributed by atoms with E-state index in [-0.39, 0.29) is 20.9 Å². The maximum Gasteiger partial charge on any atom is 0.212 e. The third kappa shape index (κ3) is 2.37. The molecule has 0 radical (unpaired) electrons. The lowest BCUT2D eigenvalue weighted by atomic mass is 9.74. The number of aliphatic imine (C=N–C) groups is 1. The van der Waals surface area contributed by atoms with Crippen LogP contribution in [0.3, 0.4) is 0 Å². The minimum absolute atomic E-state index is 0.195. The quantitative estimate of drug-likeness (QED) is 0.786. The van der Waals surface area contributed by atoms with Crippen molar-refractivity contribution in [3.63, 3.8) is 0 Å². The third-order valence-electron chi connectivity index (χ3n) is 5.40. The molecule has 0 saturated carbocycles. The summed E-state index contributed by atoms with van der Waals surface area (Å²) in [7, 11) is 0. The van der Waals surface area contributed by atoms with Gasteiger partial charge in [0, 0.05) is 13.0 Å². The molecule has 4 aliphatic heterocycles. The van der Waals surface area contributed by atoms with Gasteiger partial charge in [0.2, 0.25) is 5.13 Å². The van der Waals surface area contributed by atoms with Crippen molar-refractivity contribution >= 4 is 32.5 Å². The van der Waals surface area contributed by atoms with E-state index < -0.39 is 17.5 Å². The molecule has 4 saturated heterocycles. The summed E-state index contributed by atoms with van der Waals surface area (Å²) in [5.41, 5.74) is 2.42. The fraction of sp³-hybridized carbons (Fsp3) is 0.500. The van der Waals surface area contributed by atoms with Gasteiger partial charge in [-0.05, 0) is 37.9 Å². The summed E-state index contributed by atoms with van der Waals surface area (Å²) < 4.78 is 40.7. The van der Waals surface area contributed by atoms with Gasteiger partial charge in [-0.2, -0.15) is 0 Å². The third-order valence-corrected chi connectivity index (χ3v) is 6.30. The van der Waals surface area contributed by atoms with Crippen LogP contribution >= 0.6 is 11.3 Å². The van der Waals surface area contributed by atoms with E-state index in [2.05, 4.69) is 20.4 Å². The van der Waals surface area contributed by atoms with Crippen molar-refractivity contribution in [3.05, 3.63) is 23.5 Å². The van der Waals surface area contributed by atoms with Crippen molar-refractivity contribution in [2.75, 3.05) is 19.6 Å². The number of piperidine rings is 3. The van der Waals surface area contributed by atoms with Crippen LogP contribution in [0.25, 0.3) is 10.2 Å². The molecule has 1 atom stereocenters. The highest BCUT2D eigenvalue weighted by Crippen LogP contribution is 2.42. The van der Waals surface area contributed by atoms with E-state index in [1.165, 1.54) is 0 Å². The number of aromatic nitrogens is 1. The summed E-state index contributed by atoms with van der Waals surface area (Å²) >= 11 is 1.02. The molecule has 1 unspecified atom stereocenters. The molecular weight excluding hydrogens is 353 g/mol. The Bertz CT molecular complexity index is 893. The molecule has 1 aromatic carbocycles. The van der Waals surface area contributed by atoms with Crippen molar-refractivity contribution in [3.8, 4) is 0 Å². The number of halogens is 3. The first-order chi connectivity index (χ1) is 12.0. The molecule has 6 rings (SSSR count). The maximum atomic E-state index is 13.8. The number of benzene rings is 1. The Balaban J connectivity index is 1.45. The zero-order valence-electron chi connectivity index (χ0n) is 13.2. The average molecular weight is 368 g/mol. The predicted molar refractivity (Wildman–Crippen MR) is 87.3 cm³/mol. The maximum absolute atomic E-state index is 13.8. The molecule has 4 fully saturated rings. The van der Waals surface area contributed by atoms with Crippen molar-refractivity contribution in [1.82, 2.24) is 15.4 Å². The second kappa shape index (κ2) is 5.39. The topological polar surface area (TPSA) is 49.8 Å². The van der Waals surface area contributed by atoms with Gasteiger partial charge in [0.1, 0.15) is 17.0 Å². The first kappa shape index (κ1) is 15.5. The van der Waals surface area contributed by atoms with Crippen LogP contribution in [0.2, 0.25) is 0 Å². The number of hydroxylamine groups is 1. The summed E-state index contributed by atoms with van der Waals surface area (Å²) in [5, 5.41) is 0.253. The number of nitrogens with one attached hydrogen (secondary N) is 1. The molecule has 1 N–H and O–H groups in total. The van der Waals surface area contributed by atoms with E-state index >= 15 is 0 Å². The Kier molecular flexibility index (Phi) is 3.35. The Morgan fingerprint density at radius 2 is 2.08 bits per heavy atom. The van der Waals surface area contributed by atoms with Gasteiger partial charge < -0.3 is 4.90 Å². The molecular formula is C16H15F3N4OS. The highest BCUT2D eigenvalue weighted by atomic mass is 32.1. The Morgan fingerprint density at radius 3 is 2.80 bits per heavy atom. The highest BCUT2D eigenvalue weighted by molar-refractivity contribution is 7.22. The minimum Gasteiger partial charge on any atom is -0.300 e. The fourth-order valence-corrected chi connectivity index (χ4v) is 5.03. The highest BCUT2D eigenvalue weighted by Gasteiger charge is 2.52. The zero-order chi connectivity index (χ0) is 17.2. The number of fused-ring (bicyclic) bond motifs is 3. The van der Waals surface area contributed by atoms with Gasteiger partial charge in [-0.1, -0.05) is 11.3 Å². The van der Waals surface area contributed by atoms with Gasteiger partial charge in [0.25, 0.3) is 0 Å². The average Bonchev–Trinajstić information content (AvgIpc) is 3.18. The second-order valence-electron chi connectivity index (χ2n) is 6.88. The first-order valence-electron chi connectivity index (χ1n) is 8.22. The second-order valence-corrected chi connectivity index (χ2v) is 7.89. The SMILES string of the molecule is Fc1cc2sc(/N=C3/CC4(CN5CCC4CC5)ON3)nc2c(F)c1F. The summed E-state index contributed by atoms with van der Waals surface area (Å²) in [6.07, 6.45) is 2.86. The lowest BCUT2D eigenvalue weighted by Crippen LogP contribution is -2.59. The largest absolute Gasteiger partial charge is 0.300 e. The van der Waals surface area contributed by atoms with Crippen molar-refractivity contribution < 1.29 is 18.0 Å². The smallest absolute Gasteiger partial charge is 0.212 e. The van der Waals surface area contributed by atoms with E-state index in [0.717, 1.165) is 49.9 Å². The van der Waals surface area contributed by atoms with E-state index in [9.17, 15) is 13.2 Å². The van der Waals surface area contributed by atoms with Crippen LogP contribution in [0.4, 0.5) is 18.3 Å². The number of thiazole rings is 1. The van der Waals surface area contributed by atoms with Crippen LogP contribution in [0.1, 0.15) is 19.3 Å². The molecule has 132 valence electrons. The minimum atomic E-state index is -1.51. The number of rotatable bonds is 1. The first-order valence-corrected chi connectivity index (χ1v) is 9.04. The molecule has 5 heterocycles. The van der Waals surface area contributed by atoms with Gasteiger partial charge in [0.15, 0.2) is 17.5 Å². The van der Waals surface area contributed by atoms with Crippen molar-refractivity contribution in [1.29, 1.82) is 0 Å². The summed E-state index contributed by atoms with van der Waals surface area (Å²) in [5.74, 6) is -2.89. The van der Waals surface area contributed by atoms with Crippen LogP contribution in [0.15, 0.2) is 11.1 Å². The Labute approximate surface area is 145 Å². The summed E-state index contributed by atoms with van der Waals surface area (Å²) in [4.78, 5) is 16.7. The molecule has 2 aromatic rings. The van der Waals surface area contributed by atoms with Crippen LogP contribution in [0.5, 0.6) is 0 Å². The normalized spacial score (nSPS) is 32.8. The molecule has 1 spiro atoms. The Morgan fingerprint density at radius 1 is 1.28 bits per heavy atom. The molecule has 0 amide bonds. The molecule has 25 heavy (non-hydrogen) atoms. The summed E-state index contributed by atoms with van der Waals surface area (Å²) in [6.45, 7) is 3.08.